The summed E-state index contributed by atoms with van der Waals surface area (Å²) < 4.78 is 2.39. The van der Waals surface area contributed by atoms with Crippen molar-refractivity contribution in [2.75, 3.05) is 14.2 Å². The Balaban J connectivity index is 0. The van der Waals surface area contributed by atoms with Gasteiger partial charge >= 0.3 is 10.5 Å². The van der Waals surface area contributed by atoms with Crippen LogP contribution in [0.15, 0.2) is 0 Å². The zero-order chi connectivity index (χ0) is 12.7. The molecule has 3 heteroatoms. The van der Waals surface area contributed by atoms with E-state index in [0.29, 0.717) is 10.8 Å². The van der Waals surface area contributed by atoms with Crippen molar-refractivity contribution in [2.24, 2.45) is 10.8 Å². The third-order valence-corrected chi connectivity index (χ3v) is 3.93. The van der Waals surface area contributed by atoms with Crippen molar-refractivity contribution < 1.29 is 4.06 Å². The molecular formula is C12H28OSi2. The predicted octanol–water partition coefficient (Wildman–Crippen LogP) is 3.50. The number of hydrogen-bond donors (Lipinski definition) is 0. The fourth-order valence-electron chi connectivity index (χ4n) is 0.812. The molecule has 4 radical (unpaired) electrons. The van der Waals surface area contributed by atoms with Gasteiger partial charge in [-0.05, 0) is 0 Å². The maximum atomic E-state index is 3.06. The first kappa shape index (κ1) is 17.8. The quantitative estimate of drug-likeness (QED) is 0.516. The van der Waals surface area contributed by atoms with Gasteiger partial charge in [0.2, 0.25) is 0 Å². The topological polar surface area (TPSA) is 2.70 Å². The Morgan fingerprint density at radius 3 is 1.20 bits per heavy atom. The zero-order valence-corrected chi connectivity index (χ0v) is 13.8. The van der Waals surface area contributed by atoms with Gasteiger partial charge in [0.05, 0.1) is 0 Å². The fraction of sp³-hybridized carbons (Fsp3) is 1.00. The van der Waals surface area contributed by atoms with Gasteiger partial charge in [-0.15, -0.1) is 0 Å². The van der Waals surface area contributed by atoms with Crippen molar-refractivity contribution in [1.29, 1.82) is 0 Å². The van der Waals surface area contributed by atoms with Crippen LogP contribution >= 0.6 is 0 Å². The second-order valence-electron chi connectivity index (χ2n) is 6.54. The van der Waals surface area contributed by atoms with Crippen molar-refractivity contribution in [2.45, 2.75) is 53.6 Å². The molecule has 0 aromatic heterocycles. The molecule has 0 atom stereocenters. The molecule has 0 saturated heterocycles. The minimum absolute atomic E-state index is 0.531. The first-order chi connectivity index (χ1) is 6.44. The molecule has 0 N–H and O–H groups in total. The number of rotatable bonds is 2. The van der Waals surface area contributed by atoms with Gasteiger partial charge in [-0.1, -0.05) is 52.4 Å². The highest BCUT2D eigenvalue weighted by Gasteiger charge is 2.05. The maximum Gasteiger partial charge on any atom is 0.622 e. The summed E-state index contributed by atoms with van der Waals surface area (Å²) >= 11 is 0. The lowest BCUT2D eigenvalue weighted by molar-refractivity contribution is 0.142. The molecule has 0 heterocycles. The zero-order valence-electron chi connectivity index (χ0n) is 11.8. The Labute approximate surface area is 103 Å². The van der Waals surface area contributed by atoms with Crippen LogP contribution in [0.5, 0.6) is 0 Å². The fourth-order valence-corrected chi connectivity index (χ4v) is 2.44. The Kier molecular flexibility index (Phi) is 9.05. The lowest BCUT2D eigenvalue weighted by Crippen LogP contribution is -2.14. The van der Waals surface area contributed by atoms with E-state index < -0.39 is 0 Å². The average molecular weight is 245 g/mol. The summed E-state index contributed by atoms with van der Waals surface area (Å²) in [7, 11) is 7.86. The third-order valence-electron chi connectivity index (χ3n) is 1.31. The minimum Gasteiger partial charge on any atom is -0.516 e. The van der Waals surface area contributed by atoms with Crippen LogP contribution in [-0.2, 0) is 4.06 Å². The van der Waals surface area contributed by atoms with E-state index in [0.717, 1.165) is 9.52 Å². The lowest BCUT2D eigenvalue weighted by atomic mass is 10.00. The van der Waals surface area contributed by atoms with Crippen molar-refractivity contribution in [3.8, 4) is 0 Å². The molecule has 0 amide bonds. The summed E-state index contributed by atoms with van der Waals surface area (Å²) in [6.45, 7) is 13.9. The molecule has 0 spiro atoms. The summed E-state index contributed by atoms with van der Waals surface area (Å²) in [5, 5.41) is 0. The van der Waals surface area contributed by atoms with E-state index in [4.69, 9.17) is 0 Å². The van der Waals surface area contributed by atoms with Gasteiger partial charge in [0.25, 0.3) is 0 Å². The van der Waals surface area contributed by atoms with E-state index in [9.17, 15) is 0 Å². The molecule has 0 aliphatic rings. The van der Waals surface area contributed by atoms with Gasteiger partial charge < -0.3 is 13.6 Å². The van der Waals surface area contributed by atoms with E-state index >= 15 is 0 Å². The molecule has 0 unspecified atom stereocenters. The van der Waals surface area contributed by atoms with Crippen molar-refractivity contribution in [1.82, 2.24) is 0 Å². The van der Waals surface area contributed by atoms with Crippen LogP contribution in [0.25, 0.3) is 0 Å². The summed E-state index contributed by atoms with van der Waals surface area (Å²) in [5.41, 5.74) is 1.06. The first-order valence-corrected chi connectivity index (χ1v) is 7.26. The van der Waals surface area contributed by atoms with E-state index in [-0.39, 0.29) is 0 Å². The monoisotopic (exact) mass is 244 g/mol. The van der Waals surface area contributed by atoms with Crippen molar-refractivity contribution >= 4 is 20.0 Å². The van der Waals surface area contributed by atoms with Crippen LogP contribution in [0.2, 0.25) is 12.1 Å². The van der Waals surface area contributed by atoms with Crippen LogP contribution in [-0.4, -0.2) is 34.2 Å². The van der Waals surface area contributed by atoms with Gasteiger partial charge in [-0.25, -0.2) is 12.1 Å². The van der Waals surface area contributed by atoms with E-state index in [1.807, 2.05) is 14.2 Å². The first-order valence-electron chi connectivity index (χ1n) is 5.43. The standard InChI is InChI=1S/C10H22Si.C2H6OSi/c1-9(2,3)7-11-8-10(4,5)6;1-3(2)4/h7-8H2,1-6H3;1-2H3/q-1;+1. The molecule has 0 saturated carbocycles. The highest BCUT2D eigenvalue weighted by molar-refractivity contribution is 6.35. The molecule has 1 nitrogen and oxygen atoms in total. The summed E-state index contributed by atoms with van der Waals surface area (Å²) in [4.78, 5) is 0. The second kappa shape index (κ2) is 7.63. The molecule has 0 aromatic carbocycles. The average Bonchev–Trinajstić information content (AvgIpc) is 1.77. The SMILES string of the molecule is CC(C)(C)C[Si-]CC(C)(C)C.C[O+](C)[Si]. The maximum absolute atomic E-state index is 3.06. The third kappa shape index (κ3) is 31.4. The van der Waals surface area contributed by atoms with Crippen LogP contribution in [0, 0.1) is 10.8 Å². The van der Waals surface area contributed by atoms with Crippen LogP contribution < -0.4 is 0 Å². The molecule has 15 heavy (non-hydrogen) atoms. The summed E-state index contributed by atoms with van der Waals surface area (Å²) in [6, 6.07) is 2.76. The van der Waals surface area contributed by atoms with Crippen LogP contribution in [0.3, 0.4) is 0 Å². The highest BCUT2D eigenvalue weighted by atomic mass is 28.2. The lowest BCUT2D eigenvalue weighted by Gasteiger charge is -2.33. The molecular weight excluding hydrogens is 216 g/mol. The van der Waals surface area contributed by atoms with Crippen LogP contribution in [0.4, 0.5) is 0 Å². The molecule has 0 aliphatic carbocycles. The highest BCUT2D eigenvalue weighted by Crippen LogP contribution is 2.24. The molecule has 0 aliphatic heterocycles. The summed E-state index contributed by atoms with van der Waals surface area (Å²) in [5.74, 6) is 0. The van der Waals surface area contributed by atoms with Crippen molar-refractivity contribution in [3.05, 3.63) is 0 Å². The number of hydrogen-bond acceptors (Lipinski definition) is 0. The van der Waals surface area contributed by atoms with Gasteiger partial charge in [0, 0.05) is 0 Å². The van der Waals surface area contributed by atoms with E-state index in [1.165, 1.54) is 12.1 Å². The molecule has 0 aromatic rings. The second-order valence-corrected chi connectivity index (χ2v) is 8.56. The van der Waals surface area contributed by atoms with Crippen LogP contribution in [0.1, 0.15) is 41.5 Å². The van der Waals surface area contributed by atoms with Gasteiger partial charge in [-0.2, -0.15) is 0 Å². The minimum atomic E-state index is 0.531. The Morgan fingerprint density at radius 1 is 0.867 bits per heavy atom. The van der Waals surface area contributed by atoms with Gasteiger partial charge in [0.15, 0.2) is 0 Å². The van der Waals surface area contributed by atoms with E-state index in [1.54, 1.807) is 0 Å². The molecule has 90 valence electrons. The summed E-state index contributed by atoms with van der Waals surface area (Å²) in [6.07, 6.45) is 0. The van der Waals surface area contributed by atoms with E-state index in [2.05, 4.69) is 56.1 Å². The van der Waals surface area contributed by atoms with Gasteiger partial charge in [0.1, 0.15) is 14.2 Å². The molecule has 0 fully saturated rings. The largest absolute Gasteiger partial charge is 0.622 e. The molecule has 0 rings (SSSR count). The normalized spacial score (nSPS) is 12.4. The predicted molar refractivity (Wildman–Crippen MR) is 73.0 cm³/mol. The Morgan fingerprint density at radius 2 is 1.07 bits per heavy atom. The van der Waals surface area contributed by atoms with Crippen molar-refractivity contribution in [3.63, 3.8) is 0 Å². The van der Waals surface area contributed by atoms with Gasteiger partial charge in [-0.3, -0.25) is 0 Å². The Hall–Kier alpha value is 0.394. The smallest absolute Gasteiger partial charge is 0.516 e. The Bertz CT molecular complexity index is 126. The molecule has 0 bridgehead atoms.